The molecule has 0 fully saturated rings. The Labute approximate surface area is 407 Å². The molecule has 7 rings (SSSR count). The van der Waals surface area contributed by atoms with Gasteiger partial charge in [-0.15, -0.1) is 0 Å². The van der Waals surface area contributed by atoms with Crippen LogP contribution in [0.15, 0.2) is 159 Å². The molecule has 18 nitrogen and oxygen atoms in total. The Bertz CT molecular complexity index is 2960. The fourth-order valence-electron chi connectivity index (χ4n) is 5.86. The molecule has 0 bridgehead atoms. The lowest BCUT2D eigenvalue weighted by Crippen LogP contribution is -2.24. The van der Waals surface area contributed by atoms with Gasteiger partial charge in [-0.3, -0.25) is 19.2 Å². The number of benzene rings is 5. The first-order valence-electron chi connectivity index (χ1n) is 20.5. The van der Waals surface area contributed by atoms with Gasteiger partial charge in [-0.2, -0.15) is 9.97 Å². The fraction of sp³-hybridized carbons (Fsp3) is 0.115. The lowest BCUT2D eigenvalue weighted by atomic mass is 10.1. The van der Waals surface area contributed by atoms with Crippen LogP contribution in [0.4, 0.5) is 34.6 Å². The van der Waals surface area contributed by atoms with E-state index in [-0.39, 0.29) is 62.9 Å². The van der Waals surface area contributed by atoms with Crippen LogP contribution in [-0.2, 0) is 16.1 Å². The number of hydrogen-bond donors (Lipinski definition) is 6. The quantitative estimate of drug-likeness (QED) is 0.0439. The number of nitrogens with two attached hydrogens (primary N) is 1. The molecule has 4 amide bonds. The highest BCUT2D eigenvalue weighted by Gasteiger charge is 2.19. The molecular formula is C52H56N10O8. The monoisotopic (exact) mass is 948 g/mol. The average Bonchev–Trinajstić information content (AvgIpc) is 3.34. The summed E-state index contributed by atoms with van der Waals surface area (Å²) >= 11 is 0. The molecule has 5 aromatic carbocycles. The van der Waals surface area contributed by atoms with Gasteiger partial charge < -0.3 is 51.3 Å². The summed E-state index contributed by atoms with van der Waals surface area (Å²) in [6, 6.07) is 35.6. The number of anilines is 6. The van der Waals surface area contributed by atoms with Gasteiger partial charge in [0.15, 0.2) is 0 Å². The largest absolute Gasteiger partial charge is 0.497 e. The van der Waals surface area contributed by atoms with Gasteiger partial charge in [0, 0.05) is 67.4 Å². The minimum absolute atomic E-state index is 0. The minimum Gasteiger partial charge on any atom is -0.497 e. The lowest BCUT2D eigenvalue weighted by Gasteiger charge is -2.13. The Morgan fingerprint density at radius 2 is 1.01 bits per heavy atom. The SMILES string of the molecule is C.C.C=CC(=O)Nc1cccc(Oc2nc(Nc3cccc(OC)c3)ncc2C(=O)NCc2ccc(C)cc2)c1.C=CC(=O)Nc1cccc(Oc2nc(Nc3cccc(OC)c3)ncc2C(N)=O)c1.[HH]. The van der Waals surface area contributed by atoms with Gasteiger partial charge in [0.05, 0.1) is 14.2 Å². The first-order chi connectivity index (χ1) is 32.9. The summed E-state index contributed by atoms with van der Waals surface area (Å²) in [6.07, 6.45) is 5.00. The maximum absolute atomic E-state index is 13.1. The van der Waals surface area contributed by atoms with E-state index in [0.29, 0.717) is 52.3 Å². The number of primary amides is 1. The third-order valence-corrected chi connectivity index (χ3v) is 9.25. The van der Waals surface area contributed by atoms with Crippen molar-refractivity contribution in [2.24, 2.45) is 5.73 Å². The number of nitrogens with zero attached hydrogens (tertiary/aromatic N) is 4. The maximum Gasteiger partial charge on any atom is 0.258 e. The van der Waals surface area contributed by atoms with Gasteiger partial charge in [0.1, 0.15) is 34.1 Å². The van der Waals surface area contributed by atoms with Crippen LogP contribution in [0.25, 0.3) is 0 Å². The van der Waals surface area contributed by atoms with E-state index in [9.17, 15) is 19.2 Å². The van der Waals surface area contributed by atoms with Gasteiger partial charge in [0.25, 0.3) is 11.8 Å². The van der Waals surface area contributed by atoms with Crippen LogP contribution in [0.2, 0.25) is 0 Å². The normalized spacial score (nSPS) is 9.87. The van der Waals surface area contributed by atoms with Crippen LogP contribution in [0.1, 0.15) is 48.1 Å². The molecule has 362 valence electrons. The van der Waals surface area contributed by atoms with Crippen molar-refractivity contribution < 1.29 is 39.6 Å². The zero-order valence-corrected chi connectivity index (χ0v) is 37.1. The molecule has 0 spiro atoms. The molecule has 0 aliphatic rings. The number of carbonyl (C=O) groups excluding carboxylic acids is 4. The maximum atomic E-state index is 13.1. The van der Waals surface area contributed by atoms with Crippen molar-refractivity contribution in [1.82, 2.24) is 25.3 Å². The number of methoxy groups -OCH3 is 2. The molecule has 2 aromatic heterocycles. The van der Waals surface area contributed by atoms with Crippen molar-refractivity contribution in [3.05, 3.63) is 181 Å². The summed E-state index contributed by atoms with van der Waals surface area (Å²) in [4.78, 5) is 65.2. The molecule has 70 heavy (non-hydrogen) atoms. The van der Waals surface area contributed by atoms with Crippen molar-refractivity contribution in [2.75, 3.05) is 35.5 Å². The molecule has 0 unspecified atom stereocenters. The molecule has 0 atom stereocenters. The first kappa shape index (κ1) is 53.0. The van der Waals surface area contributed by atoms with E-state index in [1.165, 1.54) is 18.5 Å². The zero-order chi connectivity index (χ0) is 48.4. The predicted molar refractivity (Wildman–Crippen MR) is 274 cm³/mol. The summed E-state index contributed by atoms with van der Waals surface area (Å²) in [7, 11) is 3.14. The lowest BCUT2D eigenvalue weighted by molar-refractivity contribution is -0.112. The summed E-state index contributed by atoms with van der Waals surface area (Å²) in [5.41, 5.74) is 10.0. The van der Waals surface area contributed by atoms with E-state index in [2.05, 4.69) is 59.7 Å². The summed E-state index contributed by atoms with van der Waals surface area (Å²) in [5.74, 6) is 0.588. The van der Waals surface area contributed by atoms with Crippen LogP contribution < -0.4 is 51.3 Å². The van der Waals surface area contributed by atoms with Crippen molar-refractivity contribution in [3.8, 4) is 34.8 Å². The Morgan fingerprint density at radius 3 is 1.46 bits per heavy atom. The van der Waals surface area contributed by atoms with Gasteiger partial charge in [-0.1, -0.05) is 82.1 Å². The molecule has 0 aliphatic carbocycles. The number of hydrogen-bond acceptors (Lipinski definition) is 14. The topological polar surface area (TPSA) is 243 Å². The van der Waals surface area contributed by atoms with Crippen molar-refractivity contribution in [2.45, 2.75) is 28.3 Å². The summed E-state index contributed by atoms with van der Waals surface area (Å²) in [6.45, 7) is 9.19. The van der Waals surface area contributed by atoms with E-state index in [1.807, 2.05) is 49.4 Å². The predicted octanol–water partition coefficient (Wildman–Crippen LogP) is 10.1. The van der Waals surface area contributed by atoms with Crippen LogP contribution in [0.5, 0.6) is 34.8 Å². The number of aryl methyl sites for hydroxylation is 1. The standard InChI is InChI=1S/C29H27N5O4.C21H19N5O4.2CH4.H2/c1-4-26(35)32-21-7-6-10-24(16-21)38-28-25(27(36)30-17-20-13-11-19(2)12-14-20)18-31-29(34-28)33-22-8-5-9-23(15-22)37-3;1-3-18(27)24-13-6-5-9-16(11-13)30-20-17(19(22)28)12-23-21(26-20)25-14-7-4-8-15(10-14)29-2;;;/h4-16,18H,1,17H2,2-3H3,(H,30,36)(H,32,35)(H,31,33,34);3-12H,1H2,2H3,(H2,22,28)(H,24,27)(H,23,25,26);2*1H4;1H. The van der Waals surface area contributed by atoms with Crippen LogP contribution in [-0.4, -0.2) is 57.8 Å². The number of ether oxygens (including phenoxy) is 4. The molecule has 0 saturated carbocycles. The molecule has 2 heterocycles. The Morgan fingerprint density at radius 1 is 0.600 bits per heavy atom. The minimum atomic E-state index is -0.742. The van der Waals surface area contributed by atoms with Gasteiger partial charge >= 0.3 is 0 Å². The van der Waals surface area contributed by atoms with E-state index in [1.54, 1.807) is 93.1 Å². The Kier molecular flexibility index (Phi) is 19.7. The number of carbonyl (C=O) groups is 4. The van der Waals surface area contributed by atoms with Crippen LogP contribution in [0, 0.1) is 6.92 Å². The highest BCUT2D eigenvalue weighted by Crippen LogP contribution is 2.30. The molecular weight excluding hydrogens is 893 g/mol. The van der Waals surface area contributed by atoms with Gasteiger partial charge in [0.2, 0.25) is 35.5 Å². The number of amides is 4. The Hall–Kier alpha value is -9.58. The third kappa shape index (κ3) is 15.5. The smallest absolute Gasteiger partial charge is 0.258 e. The second kappa shape index (κ2) is 25.9. The van der Waals surface area contributed by atoms with E-state index in [0.717, 1.165) is 17.2 Å². The number of aromatic nitrogens is 4. The van der Waals surface area contributed by atoms with E-state index >= 15 is 0 Å². The molecule has 0 saturated heterocycles. The second-order valence-electron chi connectivity index (χ2n) is 14.2. The van der Waals surface area contributed by atoms with Crippen molar-refractivity contribution in [1.29, 1.82) is 0 Å². The zero-order valence-electron chi connectivity index (χ0n) is 37.1. The van der Waals surface area contributed by atoms with Gasteiger partial charge in [-0.05, 0) is 73.2 Å². The number of rotatable bonds is 18. The van der Waals surface area contributed by atoms with Crippen LogP contribution in [0.3, 0.4) is 0 Å². The Balaban J connectivity index is 0.000000369. The summed E-state index contributed by atoms with van der Waals surface area (Å²) < 4.78 is 22.2. The van der Waals surface area contributed by atoms with Crippen molar-refractivity contribution >= 4 is 58.3 Å². The molecule has 7 aromatic rings. The second-order valence-corrected chi connectivity index (χ2v) is 14.2. The van der Waals surface area contributed by atoms with E-state index in [4.69, 9.17) is 24.7 Å². The fourth-order valence-corrected chi connectivity index (χ4v) is 5.86. The highest BCUT2D eigenvalue weighted by atomic mass is 16.5. The van der Waals surface area contributed by atoms with Crippen molar-refractivity contribution in [3.63, 3.8) is 0 Å². The first-order valence-corrected chi connectivity index (χ1v) is 20.5. The third-order valence-electron chi connectivity index (χ3n) is 9.25. The van der Waals surface area contributed by atoms with Gasteiger partial charge in [-0.25, -0.2) is 9.97 Å². The molecule has 0 aliphatic heterocycles. The molecule has 0 radical (unpaired) electrons. The highest BCUT2D eigenvalue weighted by molar-refractivity contribution is 6.00. The average molecular weight is 949 g/mol. The number of nitrogens with one attached hydrogen (secondary N) is 5. The summed E-state index contributed by atoms with van der Waals surface area (Å²) in [5, 5.41) is 14.3. The molecule has 18 heteroatoms. The molecule has 7 N–H and O–H groups in total. The van der Waals surface area contributed by atoms with Crippen LogP contribution >= 0.6 is 0 Å². The van der Waals surface area contributed by atoms with E-state index < -0.39 is 11.8 Å².